The quantitative estimate of drug-likeness (QED) is 0.163. The molecule has 2 aromatic carbocycles. The Labute approximate surface area is 169 Å². The Bertz CT molecular complexity index is 1180. The van der Waals surface area contributed by atoms with Crippen LogP contribution in [-0.4, -0.2) is 0 Å². The molecule has 3 aromatic rings. The number of fused-ring (bicyclic) bond motifs is 1. The Morgan fingerprint density at radius 1 is 0.867 bits per heavy atom. The zero-order valence-electron chi connectivity index (χ0n) is 15.9. The predicted octanol–water partition coefficient (Wildman–Crippen LogP) is 8.21. The molecular formula is C22H18F6NP. The molecule has 0 atom stereocenters. The number of pyridine rings is 1. The Balaban J connectivity index is 0.000000318. The van der Waals surface area contributed by atoms with E-state index in [1.54, 1.807) is 0 Å². The van der Waals surface area contributed by atoms with E-state index < -0.39 is 7.81 Å². The Hall–Kier alpha value is -2.88. The van der Waals surface area contributed by atoms with Gasteiger partial charge in [-0.2, -0.15) is 0 Å². The third kappa shape index (κ3) is 6.31. The van der Waals surface area contributed by atoms with E-state index in [-0.39, 0.29) is 0 Å². The fraction of sp³-hybridized carbons (Fsp3) is 0.0909. The number of hydrogen-bond donors (Lipinski definition) is 0. The molecule has 0 N–H and O–H groups in total. The average molecular weight is 441 g/mol. The fourth-order valence-electron chi connectivity index (χ4n) is 3.22. The van der Waals surface area contributed by atoms with Crippen molar-refractivity contribution in [3.05, 3.63) is 90.3 Å². The predicted molar refractivity (Wildman–Crippen MR) is 109 cm³/mol. The van der Waals surface area contributed by atoms with Crippen LogP contribution < -0.4 is 4.57 Å². The molecule has 1 nitrogen and oxygen atoms in total. The molecule has 0 saturated carbocycles. The van der Waals surface area contributed by atoms with Gasteiger partial charge in [-0.3, -0.25) is 0 Å². The van der Waals surface area contributed by atoms with Gasteiger partial charge >= 0.3 is 33.0 Å². The van der Waals surface area contributed by atoms with Crippen LogP contribution in [0.5, 0.6) is 0 Å². The molecule has 30 heavy (non-hydrogen) atoms. The van der Waals surface area contributed by atoms with Gasteiger partial charge in [0.2, 0.25) is 5.52 Å². The van der Waals surface area contributed by atoms with Crippen LogP contribution in [0.15, 0.2) is 84.8 Å². The molecule has 1 aromatic heterocycles. The third-order valence-electron chi connectivity index (χ3n) is 4.29. The molecule has 8 heteroatoms. The summed E-state index contributed by atoms with van der Waals surface area (Å²) < 4.78 is 61.4. The summed E-state index contributed by atoms with van der Waals surface area (Å²) >= 11 is 0. The Morgan fingerprint density at radius 3 is 2.07 bits per heavy atom. The van der Waals surface area contributed by atoms with Crippen LogP contribution in [0.4, 0.5) is 25.2 Å². The monoisotopic (exact) mass is 441 g/mol. The molecule has 1 aliphatic carbocycles. The first-order valence-electron chi connectivity index (χ1n) is 8.95. The fourth-order valence-corrected chi connectivity index (χ4v) is 3.22. The normalized spacial score (nSPS) is 15.6. The molecule has 0 bridgehead atoms. The van der Waals surface area contributed by atoms with Crippen LogP contribution in [-0.2, 0) is 7.05 Å². The van der Waals surface area contributed by atoms with Gasteiger partial charge in [0.25, 0.3) is 0 Å². The van der Waals surface area contributed by atoms with E-state index in [1.165, 1.54) is 27.6 Å². The minimum absolute atomic E-state index is 0.962. The topological polar surface area (TPSA) is 3.88 Å². The summed E-state index contributed by atoms with van der Waals surface area (Å²) in [5, 5.41) is 1.27. The van der Waals surface area contributed by atoms with Gasteiger partial charge in [0.05, 0.1) is 10.9 Å². The second-order valence-electron chi connectivity index (χ2n) is 6.77. The summed E-state index contributed by atoms with van der Waals surface area (Å²) in [7, 11) is -8.55. The molecule has 0 fully saturated rings. The molecular weight excluding hydrogens is 423 g/mol. The first kappa shape index (κ1) is 21.8. The molecule has 0 saturated heterocycles. The van der Waals surface area contributed by atoms with Gasteiger partial charge in [-0.1, -0.05) is 48.5 Å². The molecule has 1 heterocycles. The third-order valence-corrected chi connectivity index (χ3v) is 4.29. The molecule has 0 amide bonds. The number of para-hydroxylation sites is 1. The van der Waals surface area contributed by atoms with Crippen molar-refractivity contribution in [1.82, 2.24) is 0 Å². The van der Waals surface area contributed by atoms with Gasteiger partial charge in [0, 0.05) is 17.2 Å². The first-order chi connectivity index (χ1) is 13.8. The number of rotatable bonds is 2. The molecule has 0 radical (unpaired) electrons. The zero-order chi connectivity index (χ0) is 22.1. The van der Waals surface area contributed by atoms with E-state index in [0.29, 0.717) is 0 Å². The van der Waals surface area contributed by atoms with Crippen molar-refractivity contribution in [3.63, 3.8) is 0 Å². The summed E-state index contributed by atoms with van der Waals surface area (Å²) in [6, 6.07) is 19.2. The Kier molecular flexibility index (Phi) is 5.18. The van der Waals surface area contributed by atoms with E-state index in [4.69, 9.17) is 0 Å². The average Bonchev–Trinajstić information content (AvgIpc) is 2.67. The number of benzene rings is 2. The van der Waals surface area contributed by atoms with Gasteiger partial charge in [-0.15, -0.1) is 5.73 Å². The second-order valence-corrected chi connectivity index (χ2v) is 8.69. The molecule has 0 spiro atoms. The number of aromatic nitrogens is 1. The minimum atomic E-state index is -10.7. The number of aryl methyl sites for hydroxylation is 1. The van der Waals surface area contributed by atoms with Crippen LogP contribution in [0.25, 0.3) is 27.6 Å². The molecule has 1 aliphatic rings. The summed E-state index contributed by atoms with van der Waals surface area (Å²) in [5.74, 6) is 0. The van der Waals surface area contributed by atoms with Crippen LogP contribution in [0.1, 0.15) is 12.0 Å². The van der Waals surface area contributed by atoms with Gasteiger partial charge < -0.3 is 0 Å². The number of nitrogens with zero attached hydrogens (tertiary/aromatic N) is 1. The molecule has 0 unspecified atom stereocenters. The van der Waals surface area contributed by atoms with Crippen LogP contribution in [0, 0.1) is 0 Å². The summed E-state index contributed by atoms with van der Waals surface area (Å²) in [6.07, 6.45) is 9.64. The maximum absolute atomic E-state index is 10.7. The van der Waals surface area contributed by atoms with Gasteiger partial charge in [-0.25, -0.2) is 4.57 Å². The van der Waals surface area contributed by atoms with Crippen LogP contribution in [0.2, 0.25) is 0 Å². The van der Waals surface area contributed by atoms with E-state index in [9.17, 15) is 25.2 Å². The molecule has 0 aliphatic heterocycles. The van der Waals surface area contributed by atoms with E-state index in [2.05, 4.69) is 96.4 Å². The Morgan fingerprint density at radius 2 is 1.47 bits per heavy atom. The summed E-state index contributed by atoms with van der Waals surface area (Å²) in [5.41, 5.74) is 9.56. The second kappa shape index (κ2) is 7.12. The summed E-state index contributed by atoms with van der Waals surface area (Å²) in [6.45, 7) is 0. The standard InChI is InChI=1S/C22H18N.F6P/c1-23-16-20(17-10-4-2-5-11-17)22(18-12-6-3-7-13-18)19-14-8-9-15-21(19)23;1-7(2,3,4,5)6/h3-10,12-16H,2H2,1H3;/q+1;-1. The molecule has 4 rings (SSSR count). The van der Waals surface area contributed by atoms with E-state index >= 15 is 0 Å². The van der Waals surface area contributed by atoms with E-state index in [1.807, 2.05) is 0 Å². The number of hydrogen-bond acceptors (Lipinski definition) is 0. The number of halogens is 6. The van der Waals surface area contributed by atoms with Gasteiger partial charge in [0.1, 0.15) is 7.05 Å². The SMILES string of the molecule is C[n+]1cc(C2=C=CCC=C2)c(-c2ccccc2)c2ccccc21.F[P-](F)(F)(F)(F)F. The van der Waals surface area contributed by atoms with E-state index in [0.717, 1.165) is 12.0 Å². The first-order valence-corrected chi connectivity index (χ1v) is 11.0. The van der Waals surface area contributed by atoms with Crippen LogP contribution in [0.3, 0.4) is 0 Å². The van der Waals surface area contributed by atoms with Crippen molar-refractivity contribution in [3.8, 4) is 11.1 Å². The van der Waals surface area contributed by atoms with Gasteiger partial charge in [-0.05, 0) is 30.2 Å². The van der Waals surface area contributed by atoms with Crippen molar-refractivity contribution >= 4 is 24.3 Å². The van der Waals surface area contributed by atoms with Crippen molar-refractivity contribution in [2.24, 2.45) is 7.05 Å². The van der Waals surface area contributed by atoms with Crippen molar-refractivity contribution in [1.29, 1.82) is 0 Å². The van der Waals surface area contributed by atoms with Crippen molar-refractivity contribution in [2.45, 2.75) is 6.42 Å². The maximum atomic E-state index is 9.87. The van der Waals surface area contributed by atoms with Crippen molar-refractivity contribution < 1.29 is 29.7 Å². The summed E-state index contributed by atoms with van der Waals surface area (Å²) in [4.78, 5) is 0. The van der Waals surface area contributed by atoms with Gasteiger partial charge in [0.15, 0.2) is 6.20 Å². The van der Waals surface area contributed by atoms with Crippen LogP contribution >= 0.6 is 7.81 Å². The molecule has 158 valence electrons. The number of allylic oxidation sites excluding steroid dienone is 3. The van der Waals surface area contributed by atoms with Crippen molar-refractivity contribution in [2.75, 3.05) is 0 Å². The zero-order valence-corrected chi connectivity index (χ0v) is 16.8.